The van der Waals surface area contributed by atoms with E-state index in [1.54, 1.807) is 0 Å². The predicted octanol–water partition coefficient (Wildman–Crippen LogP) is 2.98. The Morgan fingerprint density at radius 3 is 2.94 bits per heavy atom. The Kier molecular flexibility index (Phi) is 2.49. The summed E-state index contributed by atoms with van der Waals surface area (Å²) in [6.45, 7) is 5.59. The van der Waals surface area contributed by atoms with Gasteiger partial charge in [-0.15, -0.1) is 0 Å². The van der Waals surface area contributed by atoms with Crippen LogP contribution in [-0.4, -0.2) is 13.3 Å². The summed E-state index contributed by atoms with van der Waals surface area (Å²) in [4.78, 5) is 0. The van der Waals surface area contributed by atoms with Crippen LogP contribution in [0.4, 0.5) is 0 Å². The van der Waals surface area contributed by atoms with E-state index in [0.29, 0.717) is 6.79 Å². The van der Waals surface area contributed by atoms with Gasteiger partial charge in [0.2, 0.25) is 6.79 Å². The highest BCUT2D eigenvalue weighted by Gasteiger charge is 2.36. The predicted molar refractivity (Wildman–Crippen MR) is 66.9 cm³/mol. The van der Waals surface area contributed by atoms with Crippen LogP contribution >= 0.6 is 11.6 Å². The maximum Gasteiger partial charge on any atom is 0.231 e. The Morgan fingerprint density at radius 2 is 2.24 bits per heavy atom. The Hall–Kier alpha value is -0.930. The Bertz CT molecular complexity index is 467. The molecule has 0 bridgehead atoms. The molecule has 3 rings (SSSR count). The summed E-state index contributed by atoms with van der Waals surface area (Å²) in [5, 5.41) is 4.31. The average Bonchev–Trinajstić information content (AvgIpc) is 2.87. The largest absolute Gasteiger partial charge is 0.454 e. The van der Waals surface area contributed by atoms with Gasteiger partial charge in [-0.25, -0.2) is 0 Å². The number of rotatable bonds is 1. The van der Waals surface area contributed by atoms with Crippen LogP contribution in [0, 0.1) is 6.92 Å². The molecule has 0 aliphatic carbocycles. The summed E-state index contributed by atoms with van der Waals surface area (Å²) in [5.41, 5.74) is 2.21. The molecule has 1 unspecified atom stereocenters. The van der Waals surface area contributed by atoms with E-state index in [1.807, 2.05) is 6.07 Å². The second-order valence-corrected chi connectivity index (χ2v) is 5.36. The lowest BCUT2D eigenvalue weighted by Crippen LogP contribution is -2.34. The van der Waals surface area contributed by atoms with E-state index in [4.69, 9.17) is 21.1 Å². The minimum absolute atomic E-state index is 0.0395. The van der Waals surface area contributed by atoms with Crippen LogP contribution in [0.25, 0.3) is 0 Å². The third-order valence-electron chi connectivity index (χ3n) is 3.77. The fraction of sp³-hybridized carbons (Fsp3) is 0.538. The van der Waals surface area contributed by atoms with Crippen LogP contribution in [0.3, 0.4) is 0 Å². The van der Waals surface area contributed by atoms with Gasteiger partial charge in [-0.3, -0.25) is 0 Å². The second-order valence-electron chi connectivity index (χ2n) is 4.95. The van der Waals surface area contributed by atoms with E-state index in [-0.39, 0.29) is 5.54 Å². The van der Waals surface area contributed by atoms with Gasteiger partial charge in [0.1, 0.15) is 0 Å². The smallest absolute Gasteiger partial charge is 0.231 e. The van der Waals surface area contributed by atoms with E-state index < -0.39 is 0 Å². The van der Waals surface area contributed by atoms with Crippen molar-refractivity contribution in [2.75, 3.05) is 13.3 Å². The zero-order valence-electron chi connectivity index (χ0n) is 10.1. The number of hydrogen-bond acceptors (Lipinski definition) is 3. The Morgan fingerprint density at radius 1 is 1.41 bits per heavy atom. The number of ether oxygens (including phenoxy) is 2. The summed E-state index contributed by atoms with van der Waals surface area (Å²) in [6, 6.07) is 1.87. The quantitative estimate of drug-likeness (QED) is 0.835. The third-order valence-corrected chi connectivity index (χ3v) is 4.07. The van der Waals surface area contributed by atoms with Crippen molar-refractivity contribution < 1.29 is 9.47 Å². The van der Waals surface area contributed by atoms with Crippen molar-refractivity contribution in [3.63, 3.8) is 0 Å². The van der Waals surface area contributed by atoms with Gasteiger partial charge in [-0.2, -0.15) is 0 Å². The zero-order valence-corrected chi connectivity index (χ0v) is 10.9. The van der Waals surface area contributed by atoms with Gasteiger partial charge in [-0.05, 0) is 38.8 Å². The topological polar surface area (TPSA) is 30.5 Å². The number of nitrogens with one attached hydrogen (secondary N) is 1. The fourth-order valence-corrected chi connectivity index (χ4v) is 3.40. The van der Waals surface area contributed by atoms with Gasteiger partial charge >= 0.3 is 0 Å². The molecule has 2 aliphatic heterocycles. The first-order valence-electron chi connectivity index (χ1n) is 5.96. The van der Waals surface area contributed by atoms with E-state index in [1.165, 1.54) is 6.42 Å². The lowest BCUT2D eigenvalue weighted by molar-refractivity contribution is 0.173. The van der Waals surface area contributed by atoms with Gasteiger partial charge in [0, 0.05) is 22.2 Å². The highest BCUT2D eigenvalue weighted by Crippen LogP contribution is 2.46. The lowest BCUT2D eigenvalue weighted by Gasteiger charge is -2.28. The van der Waals surface area contributed by atoms with Gasteiger partial charge in [0.15, 0.2) is 11.5 Å². The molecule has 92 valence electrons. The molecule has 0 amide bonds. The van der Waals surface area contributed by atoms with Gasteiger partial charge in [0.05, 0.1) is 0 Å². The van der Waals surface area contributed by atoms with Crippen LogP contribution in [0.2, 0.25) is 5.02 Å². The van der Waals surface area contributed by atoms with Crippen LogP contribution < -0.4 is 14.8 Å². The maximum atomic E-state index is 6.41. The molecule has 2 aliphatic rings. The monoisotopic (exact) mass is 253 g/mol. The standard InChI is InChI=1S/C13H16ClNO2/c1-8-11(13(2)4-3-5-15-13)9(14)6-10-12(8)17-7-16-10/h6,15H,3-5,7H2,1-2H3. The van der Waals surface area contributed by atoms with E-state index in [0.717, 1.165) is 40.6 Å². The van der Waals surface area contributed by atoms with E-state index in [9.17, 15) is 0 Å². The molecular weight excluding hydrogens is 238 g/mol. The molecule has 4 heteroatoms. The molecule has 1 N–H and O–H groups in total. The van der Waals surface area contributed by atoms with Gasteiger partial charge < -0.3 is 14.8 Å². The van der Waals surface area contributed by atoms with E-state index >= 15 is 0 Å². The van der Waals surface area contributed by atoms with Crippen molar-refractivity contribution >= 4 is 11.6 Å². The maximum absolute atomic E-state index is 6.41. The van der Waals surface area contributed by atoms with Crippen molar-refractivity contribution in [1.82, 2.24) is 5.32 Å². The van der Waals surface area contributed by atoms with Crippen LogP contribution in [0.5, 0.6) is 11.5 Å². The van der Waals surface area contributed by atoms with Crippen molar-refractivity contribution in [1.29, 1.82) is 0 Å². The minimum Gasteiger partial charge on any atom is -0.454 e. The molecule has 0 radical (unpaired) electrons. The molecule has 0 aromatic heterocycles. The zero-order chi connectivity index (χ0) is 12.0. The molecule has 1 aromatic carbocycles. The molecule has 0 spiro atoms. The van der Waals surface area contributed by atoms with Crippen LogP contribution in [0.1, 0.15) is 30.9 Å². The summed E-state index contributed by atoms with van der Waals surface area (Å²) >= 11 is 6.41. The molecular formula is C13H16ClNO2. The number of fused-ring (bicyclic) bond motifs is 1. The minimum atomic E-state index is -0.0395. The van der Waals surface area contributed by atoms with E-state index in [2.05, 4.69) is 19.2 Å². The first kappa shape index (κ1) is 11.2. The summed E-state index contributed by atoms with van der Waals surface area (Å²) in [6.07, 6.45) is 2.29. The summed E-state index contributed by atoms with van der Waals surface area (Å²) < 4.78 is 10.9. The molecule has 0 saturated carbocycles. The van der Waals surface area contributed by atoms with Crippen molar-refractivity contribution in [3.8, 4) is 11.5 Å². The number of halogens is 1. The van der Waals surface area contributed by atoms with Crippen LogP contribution in [-0.2, 0) is 5.54 Å². The highest BCUT2D eigenvalue weighted by molar-refractivity contribution is 6.31. The highest BCUT2D eigenvalue weighted by atomic mass is 35.5. The first-order chi connectivity index (χ1) is 8.12. The molecule has 17 heavy (non-hydrogen) atoms. The van der Waals surface area contributed by atoms with Crippen molar-refractivity contribution in [2.45, 2.75) is 32.2 Å². The van der Waals surface area contributed by atoms with Gasteiger partial charge in [-0.1, -0.05) is 11.6 Å². The third kappa shape index (κ3) is 1.60. The van der Waals surface area contributed by atoms with Crippen molar-refractivity contribution in [2.24, 2.45) is 0 Å². The Balaban J connectivity index is 2.16. The summed E-state index contributed by atoms with van der Waals surface area (Å²) in [7, 11) is 0. The number of hydrogen-bond donors (Lipinski definition) is 1. The lowest BCUT2D eigenvalue weighted by atomic mass is 9.86. The molecule has 3 nitrogen and oxygen atoms in total. The summed E-state index contributed by atoms with van der Waals surface area (Å²) in [5.74, 6) is 1.61. The molecule has 1 aromatic rings. The number of benzene rings is 1. The molecule has 1 saturated heterocycles. The normalized spacial score (nSPS) is 26.5. The molecule has 2 heterocycles. The second kappa shape index (κ2) is 3.79. The van der Waals surface area contributed by atoms with Crippen molar-refractivity contribution in [3.05, 3.63) is 22.2 Å². The van der Waals surface area contributed by atoms with Crippen LogP contribution in [0.15, 0.2) is 6.07 Å². The average molecular weight is 254 g/mol. The molecule has 1 atom stereocenters. The first-order valence-corrected chi connectivity index (χ1v) is 6.34. The SMILES string of the molecule is Cc1c2c(cc(Cl)c1C1(C)CCCN1)OCO2. The Labute approximate surface area is 106 Å². The van der Waals surface area contributed by atoms with Gasteiger partial charge in [0.25, 0.3) is 0 Å². The molecule has 1 fully saturated rings. The fourth-order valence-electron chi connectivity index (χ4n) is 2.95.